The summed E-state index contributed by atoms with van der Waals surface area (Å²) in [6.07, 6.45) is 4.86. The van der Waals surface area contributed by atoms with Gasteiger partial charge in [0.05, 0.1) is 12.2 Å². The summed E-state index contributed by atoms with van der Waals surface area (Å²) >= 11 is 0. The Morgan fingerprint density at radius 2 is 1.97 bits per heavy atom. The lowest BCUT2D eigenvalue weighted by Gasteiger charge is -2.24. The number of pyridine rings is 1. The molecular weight excluding hydrogens is 507 g/mol. The highest BCUT2D eigenvalue weighted by atomic mass is 127. The zero-order chi connectivity index (χ0) is 21.2. The summed E-state index contributed by atoms with van der Waals surface area (Å²) in [4.78, 5) is 8.70. The lowest BCUT2D eigenvalue weighted by molar-refractivity contribution is 0.0243. The molecule has 1 saturated heterocycles. The largest absolute Gasteiger partial charge is 0.494 e. The molecule has 1 unspecified atom stereocenters. The zero-order valence-electron chi connectivity index (χ0n) is 18.5. The molecule has 1 aromatic carbocycles. The average molecular weight is 540 g/mol. The second-order valence-electron chi connectivity index (χ2n) is 7.57. The molecule has 2 aromatic rings. The van der Waals surface area contributed by atoms with Crippen LogP contribution in [-0.2, 0) is 11.3 Å². The maximum Gasteiger partial charge on any atom is 0.224 e. The Morgan fingerprint density at radius 1 is 1.19 bits per heavy atom. The van der Waals surface area contributed by atoms with Gasteiger partial charge in [0.25, 0.3) is 0 Å². The van der Waals surface area contributed by atoms with E-state index in [2.05, 4.69) is 34.5 Å². The summed E-state index contributed by atoms with van der Waals surface area (Å²) in [6.45, 7) is 7.00. The summed E-state index contributed by atoms with van der Waals surface area (Å²) in [5, 5.41) is 6.68. The van der Waals surface area contributed by atoms with Gasteiger partial charge < -0.3 is 24.8 Å². The van der Waals surface area contributed by atoms with Gasteiger partial charge in [-0.15, -0.1) is 24.0 Å². The van der Waals surface area contributed by atoms with Crippen LogP contribution in [0.5, 0.6) is 17.4 Å². The minimum absolute atomic E-state index is 0. The monoisotopic (exact) mass is 540 g/mol. The molecule has 0 aliphatic carbocycles. The molecule has 0 spiro atoms. The summed E-state index contributed by atoms with van der Waals surface area (Å²) < 4.78 is 17.5. The van der Waals surface area contributed by atoms with Crippen LogP contribution in [-0.4, -0.2) is 43.4 Å². The van der Waals surface area contributed by atoms with Crippen molar-refractivity contribution < 1.29 is 14.2 Å². The third-order valence-corrected chi connectivity index (χ3v) is 4.96. The van der Waals surface area contributed by atoms with Crippen LogP contribution >= 0.6 is 24.0 Å². The van der Waals surface area contributed by atoms with Crippen LogP contribution in [0.3, 0.4) is 0 Å². The van der Waals surface area contributed by atoms with Crippen LogP contribution in [0.4, 0.5) is 0 Å². The Hall–Kier alpha value is -2.07. The summed E-state index contributed by atoms with van der Waals surface area (Å²) in [5.41, 5.74) is 0.808. The van der Waals surface area contributed by atoms with Crippen molar-refractivity contribution in [1.82, 2.24) is 15.6 Å². The van der Waals surface area contributed by atoms with Crippen molar-refractivity contribution in [2.45, 2.75) is 45.3 Å². The maximum atomic E-state index is 6.01. The smallest absolute Gasteiger partial charge is 0.224 e. The van der Waals surface area contributed by atoms with Gasteiger partial charge in [-0.2, -0.15) is 0 Å². The van der Waals surface area contributed by atoms with Crippen LogP contribution in [0.15, 0.2) is 47.6 Å². The number of hydrogen-bond donors (Lipinski definition) is 2. The second-order valence-corrected chi connectivity index (χ2v) is 7.57. The first kappa shape index (κ1) is 25.2. The van der Waals surface area contributed by atoms with E-state index in [9.17, 15) is 0 Å². The Balaban J connectivity index is 0.00000341. The van der Waals surface area contributed by atoms with E-state index in [1.807, 2.05) is 36.4 Å². The van der Waals surface area contributed by atoms with Crippen molar-refractivity contribution in [1.29, 1.82) is 0 Å². The first-order valence-corrected chi connectivity index (χ1v) is 10.5. The Morgan fingerprint density at radius 3 is 2.65 bits per heavy atom. The van der Waals surface area contributed by atoms with E-state index in [0.29, 0.717) is 24.8 Å². The highest BCUT2D eigenvalue weighted by molar-refractivity contribution is 14.0. The van der Waals surface area contributed by atoms with Crippen LogP contribution < -0.4 is 20.1 Å². The van der Waals surface area contributed by atoms with E-state index in [4.69, 9.17) is 14.2 Å². The summed E-state index contributed by atoms with van der Waals surface area (Å²) in [5.74, 6) is 2.84. The summed E-state index contributed by atoms with van der Waals surface area (Å²) in [6, 6.07) is 11.5. The molecule has 0 radical (unpaired) electrons. The van der Waals surface area contributed by atoms with Crippen LogP contribution in [0.25, 0.3) is 0 Å². The zero-order valence-corrected chi connectivity index (χ0v) is 20.8. The minimum Gasteiger partial charge on any atom is -0.494 e. The maximum absolute atomic E-state index is 6.01. The number of aromatic nitrogens is 1. The van der Waals surface area contributed by atoms with Crippen LogP contribution in [0.2, 0.25) is 0 Å². The molecule has 7 nitrogen and oxygen atoms in total. The topological polar surface area (TPSA) is 77.0 Å². The molecule has 3 rings (SSSR count). The summed E-state index contributed by atoms with van der Waals surface area (Å²) in [7, 11) is 1.76. The second kappa shape index (κ2) is 12.7. The number of nitrogens with zero attached hydrogens (tertiary/aromatic N) is 2. The lowest BCUT2D eigenvalue weighted by atomic mass is 10.0. The molecule has 0 bridgehead atoms. The van der Waals surface area contributed by atoms with Crippen molar-refractivity contribution in [2.75, 3.05) is 26.8 Å². The predicted molar refractivity (Wildman–Crippen MR) is 134 cm³/mol. The lowest BCUT2D eigenvalue weighted by Crippen LogP contribution is -2.45. The first-order valence-electron chi connectivity index (χ1n) is 10.5. The quantitative estimate of drug-likeness (QED) is 0.277. The van der Waals surface area contributed by atoms with Gasteiger partial charge in [0.1, 0.15) is 11.5 Å². The normalized spacial score (nSPS) is 18.2. The van der Waals surface area contributed by atoms with Gasteiger partial charge >= 0.3 is 0 Å². The third kappa shape index (κ3) is 7.84. The number of rotatable bonds is 9. The van der Waals surface area contributed by atoms with E-state index in [0.717, 1.165) is 49.7 Å². The predicted octanol–water partition coefficient (Wildman–Crippen LogP) is 4.51. The molecule has 1 aromatic heterocycles. The highest BCUT2D eigenvalue weighted by Gasteiger charge is 2.29. The van der Waals surface area contributed by atoms with E-state index in [1.165, 1.54) is 0 Å². The van der Waals surface area contributed by atoms with Crippen LogP contribution in [0.1, 0.15) is 38.7 Å². The Bertz CT molecular complexity index is 824. The Kier molecular flexibility index (Phi) is 10.3. The number of nitrogens with one attached hydrogen (secondary N) is 2. The SMILES string of the molecule is CCCOc1ccc(Oc2ncccc2CNC(=NC)NCC2(C)CCCO2)cc1.I. The molecule has 1 aliphatic rings. The standard InChI is InChI=1S/C23H32N4O3.HI/c1-4-14-28-19-8-10-20(11-9-19)30-21-18(7-5-13-25-21)16-26-22(24-3)27-17-23(2)12-6-15-29-23;/h5,7-11,13H,4,6,12,14-17H2,1-3H3,(H2,24,26,27);1H. The van der Waals surface area contributed by atoms with Gasteiger partial charge in [-0.3, -0.25) is 4.99 Å². The van der Waals surface area contributed by atoms with E-state index in [-0.39, 0.29) is 29.6 Å². The fraction of sp³-hybridized carbons (Fsp3) is 0.478. The third-order valence-electron chi connectivity index (χ3n) is 4.96. The molecule has 2 heterocycles. The molecule has 1 atom stereocenters. The molecule has 2 N–H and O–H groups in total. The number of benzene rings is 1. The van der Waals surface area contributed by atoms with Crippen molar-refractivity contribution in [3.05, 3.63) is 48.2 Å². The van der Waals surface area contributed by atoms with Crippen LogP contribution in [0, 0.1) is 0 Å². The fourth-order valence-corrected chi connectivity index (χ4v) is 3.23. The molecule has 1 fully saturated rings. The van der Waals surface area contributed by atoms with Gasteiger partial charge in [-0.25, -0.2) is 4.98 Å². The molecular formula is C23H33IN4O3. The molecule has 0 amide bonds. The van der Waals surface area contributed by atoms with Crippen molar-refractivity contribution in [3.8, 4) is 17.4 Å². The van der Waals surface area contributed by atoms with Gasteiger partial charge in [0.2, 0.25) is 5.88 Å². The fourth-order valence-electron chi connectivity index (χ4n) is 3.23. The van der Waals surface area contributed by atoms with Gasteiger partial charge in [-0.05, 0) is 56.5 Å². The first-order chi connectivity index (χ1) is 14.6. The number of aliphatic imine (C=N–C) groups is 1. The molecule has 170 valence electrons. The Labute approximate surface area is 202 Å². The van der Waals surface area contributed by atoms with Crippen molar-refractivity contribution in [3.63, 3.8) is 0 Å². The number of guanidine groups is 1. The number of hydrogen-bond acceptors (Lipinski definition) is 5. The molecule has 1 aliphatic heterocycles. The highest BCUT2D eigenvalue weighted by Crippen LogP contribution is 2.25. The van der Waals surface area contributed by atoms with E-state index >= 15 is 0 Å². The van der Waals surface area contributed by atoms with Gasteiger partial charge in [0.15, 0.2) is 5.96 Å². The average Bonchev–Trinajstić information content (AvgIpc) is 3.21. The molecule has 0 saturated carbocycles. The number of halogens is 1. The number of ether oxygens (including phenoxy) is 3. The van der Waals surface area contributed by atoms with E-state index in [1.54, 1.807) is 13.2 Å². The minimum atomic E-state index is -0.132. The van der Waals surface area contributed by atoms with E-state index < -0.39 is 0 Å². The molecule has 31 heavy (non-hydrogen) atoms. The van der Waals surface area contributed by atoms with Gasteiger partial charge in [-0.1, -0.05) is 13.0 Å². The molecule has 8 heteroatoms. The van der Waals surface area contributed by atoms with Crippen molar-refractivity contribution in [2.24, 2.45) is 4.99 Å². The van der Waals surface area contributed by atoms with Crippen molar-refractivity contribution >= 4 is 29.9 Å². The van der Waals surface area contributed by atoms with Gasteiger partial charge in [0, 0.05) is 38.5 Å².